The molecule has 0 atom stereocenters. The van der Waals surface area contributed by atoms with Crippen molar-refractivity contribution >= 4 is 46.4 Å². The average Bonchev–Trinajstić information content (AvgIpc) is 2.98. The molecule has 1 aliphatic rings. The van der Waals surface area contributed by atoms with Crippen molar-refractivity contribution < 1.29 is 0 Å². The third-order valence-corrected chi connectivity index (χ3v) is 5.31. The average molecular weight is 386 g/mol. The molecular weight excluding hydrogens is 365 g/mol. The number of imidazole rings is 1. The Bertz CT molecular complexity index is 922. The number of nitrogens with zero attached hydrogens (tertiary/aromatic N) is 3. The van der Waals surface area contributed by atoms with Crippen LogP contribution in [0.1, 0.15) is 30.7 Å². The summed E-state index contributed by atoms with van der Waals surface area (Å²) in [6, 6.07) is 13.7. The molecule has 26 heavy (non-hydrogen) atoms. The number of piperidine rings is 1. The highest BCUT2D eigenvalue weighted by Gasteiger charge is 2.15. The molecule has 4 rings (SSSR count). The fraction of sp³-hybridized carbons (Fsp3) is 0.286. The van der Waals surface area contributed by atoms with Crippen LogP contribution in [-0.2, 0) is 6.67 Å². The van der Waals surface area contributed by atoms with Gasteiger partial charge in [0.05, 0.1) is 17.7 Å². The molecule has 3 aromatic rings. The number of likely N-dealkylation sites (tertiary alicyclic amines) is 1. The number of hydrogen-bond donors (Lipinski definition) is 0. The van der Waals surface area contributed by atoms with Gasteiger partial charge in [-0.1, -0.05) is 47.8 Å². The summed E-state index contributed by atoms with van der Waals surface area (Å²) in [5.74, 6) is 0.947. The van der Waals surface area contributed by atoms with Crippen molar-refractivity contribution in [1.82, 2.24) is 14.5 Å². The molecule has 2 heterocycles. The summed E-state index contributed by atoms with van der Waals surface area (Å²) in [5.41, 5.74) is 3.16. The first kappa shape index (κ1) is 17.6. The van der Waals surface area contributed by atoms with Crippen LogP contribution >= 0.6 is 23.2 Å². The molecule has 0 saturated carbocycles. The smallest absolute Gasteiger partial charge is 0.134 e. The fourth-order valence-corrected chi connectivity index (χ4v) is 3.74. The van der Waals surface area contributed by atoms with E-state index >= 15 is 0 Å². The second-order valence-electron chi connectivity index (χ2n) is 6.74. The fourth-order valence-electron chi connectivity index (χ4n) is 3.44. The molecule has 0 aliphatic carbocycles. The van der Waals surface area contributed by atoms with Crippen LogP contribution in [0.25, 0.3) is 23.2 Å². The highest BCUT2D eigenvalue weighted by atomic mass is 35.5. The highest BCUT2D eigenvalue weighted by molar-refractivity contribution is 6.31. The maximum atomic E-state index is 6.17. The third-order valence-electron chi connectivity index (χ3n) is 4.82. The molecule has 0 bridgehead atoms. The van der Waals surface area contributed by atoms with Crippen LogP contribution in [0.4, 0.5) is 0 Å². The Kier molecular flexibility index (Phi) is 5.30. The number of benzene rings is 2. The van der Waals surface area contributed by atoms with E-state index in [9.17, 15) is 0 Å². The van der Waals surface area contributed by atoms with Crippen molar-refractivity contribution in [1.29, 1.82) is 0 Å². The molecule has 134 valence electrons. The molecule has 1 saturated heterocycles. The van der Waals surface area contributed by atoms with Gasteiger partial charge < -0.3 is 4.57 Å². The Morgan fingerprint density at radius 1 is 0.885 bits per heavy atom. The van der Waals surface area contributed by atoms with Gasteiger partial charge in [0.15, 0.2) is 0 Å². The lowest BCUT2D eigenvalue weighted by molar-refractivity contribution is 0.184. The van der Waals surface area contributed by atoms with Crippen molar-refractivity contribution in [2.24, 2.45) is 0 Å². The first-order valence-corrected chi connectivity index (χ1v) is 9.76. The maximum Gasteiger partial charge on any atom is 0.134 e. The minimum absolute atomic E-state index is 0.716. The molecule has 0 N–H and O–H groups in total. The molecule has 0 amide bonds. The summed E-state index contributed by atoms with van der Waals surface area (Å²) in [4.78, 5) is 7.31. The van der Waals surface area contributed by atoms with Crippen molar-refractivity contribution in [3.8, 4) is 0 Å². The van der Waals surface area contributed by atoms with Crippen LogP contribution in [0.2, 0.25) is 10.0 Å². The second-order valence-corrected chi connectivity index (χ2v) is 7.61. The first-order valence-electron chi connectivity index (χ1n) is 9.01. The van der Waals surface area contributed by atoms with Crippen LogP contribution < -0.4 is 0 Å². The largest absolute Gasteiger partial charge is 0.311 e. The van der Waals surface area contributed by atoms with Gasteiger partial charge in [0.25, 0.3) is 0 Å². The van der Waals surface area contributed by atoms with Crippen molar-refractivity contribution in [2.75, 3.05) is 13.1 Å². The SMILES string of the molecule is Clc1ccc(/C=C/c2nc3cc(Cl)ccc3n2CN2CCCCC2)cc1. The Hall–Kier alpha value is -1.81. The molecule has 5 heteroatoms. The predicted octanol–water partition coefficient (Wildman–Crippen LogP) is 5.96. The molecule has 3 nitrogen and oxygen atoms in total. The van der Waals surface area contributed by atoms with Gasteiger partial charge >= 0.3 is 0 Å². The molecule has 0 radical (unpaired) electrons. The summed E-state index contributed by atoms with van der Waals surface area (Å²) in [5, 5.41) is 1.46. The number of rotatable bonds is 4. The lowest BCUT2D eigenvalue weighted by Crippen LogP contribution is -2.32. The molecule has 1 aliphatic heterocycles. The van der Waals surface area contributed by atoms with Gasteiger partial charge in [0, 0.05) is 10.0 Å². The van der Waals surface area contributed by atoms with Gasteiger partial charge in [-0.05, 0) is 67.9 Å². The Morgan fingerprint density at radius 2 is 1.62 bits per heavy atom. The molecular formula is C21H21Cl2N3. The summed E-state index contributed by atoms with van der Waals surface area (Å²) in [7, 11) is 0. The van der Waals surface area contributed by atoms with Crippen LogP contribution in [0, 0.1) is 0 Å². The summed E-state index contributed by atoms with van der Waals surface area (Å²) in [6.45, 7) is 3.15. The number of hydrogen-bond acceptors (Lipinski definition) is 2. The summed E-state index contributed by atoms with van der Waals surface area (Å²) < 4.78 is 2.28. The maximum absolute atomic E-state index is 6.17. The van der Waals surface area contributed by atoms with Crippen LogP contribution in [0.3, 0.4) is 0 Å². The van der Waals surface area contributed by atoms with Crippen molar-refractivity contribution in [3.05, 3.63) is 63.9 Å². The van der Waals surface area contributed by atoms with Gasteiger partial charge in [-0.3, -0.25) is 4.90 Å². The minimum atomic E-state index is 0.716. The molecule has 1 aromatic heterocycles. The topological polar surface area (TPSA) is 21.1 Å². The Balaban J connectivity index is 1.69. The Morgan fingerprint density at radius 3 is 2.38 bits per heavy atom. The van der Waals surface area contributed by atoms with Gasteiger partial charge in [0.1, 0.15) is 5.82 Å². The Labute approximate surface area is 163 Å². The predicted molar refractivity (Wildman–Crippen MR) is 111 cm³/mol. The second kappa shape index (κ2) is 7.83. The monoisotopic (exact) mass is 385 g/mol. The van der Waals surface area contributed by atoms with Crippen LogP contribution in [0.15, 0.2) is 42.5 Å². The van der Waals surface area contributed by atoms with E-state index in [-0.39, 0.29) is 0 Å². The van der Waals surface area contributed by atoms with Gasteiger partial charge in [0.2, 0.25) is 0 Å². The van der Waals surface area contributed by atoms with Gasteiger partial charge in [-0.2, -0.15) is 0 Å². The lowest BCUT2D eigenvalue weighted by Gasteiger charge is -2.27. The zero-order chi connectivity index (χ0) is 17.9. The normalized spacial score (nSPS) is 15.9. The quantitative estimate of drug-likeness (QED) is 0.552. The number of fused-ring (bicyclic) bond motifs is 1. The van der Waals surface area contributed by atoms with Crippen LogP contribution in [0.5, 0.6) is 0 Å². The van der Waals surface area contributed by atoms with E-state index in [1.54, 1.807) is 0 Å². The highest BCUT2D eigenvalue weighted by Crippen LogP contribution is 2.23. The third kappa shape index (κ3) is 3.96. The van der Waals surface area contributed by atoms with Crippen molar-refractivity contribution in [3.63, 3.8) is 0 Å². The van der Waals surface area contributed by atoms with E-state index < -0.39 is 0 Å². The molecule has 0 unspecified atom stereocenters. The van der Waals surface area contributed by atoms with E-state index in [4.69, 9.17) is 28.2 Å². The molecule has 2 aromatic carbocycles. The standard InChI is InChI=1S/C21H21Cl2N3/c22-17-7-4-16(5-8-17)6-11-21-24-19-14-18(23)9-10-20(19)26(21)15-25-12-2-1-3-13-25/h4-11,14H,1-3,12-13,15H2/b11-6+. The van der Waals surface area contributed by atoms with E-state index in [1.807, 2.05) is 36.4 Å². The zero-order valence-electron chi connectivity index (χ0n) is 14.5. The summed E-state index contributed by atoms with van der Waals surface area (Å²) >= 11 is 12.1. The van der Waals surface area contributed by atoms with E-state index in [0.717, 1.165) is 47.2 Å². The van der Waals surface area contributed by atoms with Gasteiger partial charge in [-0.25, -0.2) is 4.98 Å². The van der Waals surface area contributed by atoms with E-state index in [0.29, 0.717) is 5.02 Å². The van der Waals surface area contributed by atoms with E-state index in [1.165, 1.54) is 19.3 Å². The van der Waals surface area contributed by atoms with E-state index in [2.05, 4.69) is 27.7 Å². The zero-order valence-corrected chi connectivity index (χ0v) is 16.0. The number of halogens is 2. The van der Waals surface area contributed by atoms with Gasteiger partial charge in [-0.15, -0.1) is 0 Å². The van der Waals surface area contributed by atoms with Crippen LogP contribution in [-0.4, -0.2) is 27.5 Å². The summed E-state index contributed by atoms with van der Waals surface area (Å²) in [6.07, 6.45) is 8.02. The van der Waals surface area contributed by atoms with Crippen molar-refractivity contribution in [2.45, 2.75) is 25.9 Å². The minimum Gasteiger partial charge on any atom is -0.311 e. The molecule has 0 spiro atoms. The lowest BCUT2D eigenvalue weighted by atomic mass is 10.1. The molecule has 1 fully saturated rings. The number of aromatic nitrogens is 2. The first-order chi connectivity index (χ1) is 12.7.